The van der Waals surface area contributed by atoms with Crippen molar-refractivity contribution in [3.8, 4) is 5.75 Å². The van der Waals surface area contributed by atoms with Crippen LogP contribution in [0.25, 0.3) is 10.8 Å². The molecule has 2 atom stereocenters. The van der Waals surface area contributed by atoms with Gasteiger partial charge in [-0.2, -0.15) is 0 Å². The van der Waals surface area contributed by atoms with E-state index in [2.05, 4.69) is 30.4 Å². The zero-order valence-electron chi connectivity index (χ0n) is 11.1. The summed E-state index contributed by atoms with van der Waals surface area (Å²) in [6, 6.07) is 12.4. The SMILES string of the molecule is COc1ccc2ccccc2c1C1CC(=O)NC1C. The Kier molecular flexibility index (Phi) is 2.90. The molecule has 1 amide bonds. The first-order valence-electron chi connectivity index (χ1n) is 6.55. The van der Waals surface area contributed by atoms with Crippen molar-refractivity contribution >= 4 is 16.7 Å². The van der Waals surface area contributed by atoms with E-state index in [1.807, 2.05) is 18.2 Å². The van der Waals surface area contributed by atoms with Crippen molar-refractivity contribution in [1.29, 1.82) is 0 Å². The fourth-order valence-corrected chi connectivity index (χ4v) is 2.98. The second kappa shape index (κ2) is 4.57. The number of benzene rings is 2. The molecule has 3 rings (SSSR count). The highest BCUT2D eigenvalue weighted by atomic mass is 16.5. The lowest BCUT2D eigenvalue weighted by Crippen LogP contribution is -2.24. The highest BCUT2D eigenvalue weighted by molar-refractivity contribution is 5.90. The number of rotatable bonds is 2. The van der Waals surface area contributed by atoms with Crippen LogP contribution in [0.15, 0.2) is 36.4 Å². The molecule has 3 nitrogen and oxygen atoms in total. The van der Waals surface area contributed by atoms with Gasteiger partial charge in [-0.25, -0.2) is 0 Å². The number of hydrogen-bond donors (Lipinski definition) is 1. The van der Waals surface area contributed by atoms with Gasteiger partial charge in [0.1, 0.15) is 5.75 Å². The third-order valence-corrected chi connectivity index (χ3v) is 3.92. The second-order valence-corrected chi connectivity index (χ2v) is 5.07. The van der Waals surface area contributed by atoms with E-state index in [0.717, 1.165) is 11.3 Å². The summed E-state index contributed by atoms with van der Waals surface area (Å²) in [6.45, 7) is 2.05. The molecule has 1 heterocycles. The predicted octanol–water partition coefficient (Wildman–Crippen LogP) is 2.84. The number of nitrogens with one attached hydrogen (secondary N) is 1. The molecule has 1 saturated heterocycles. The fourth-order valence-electron chi connectivity index (χ4n) is 2.98. The normalized spacial score (nSPS) is 22.5. The molecule has 3 heteroatoms. The average molecular weight is 255 g/mol. The van der Waals surface area contributed by atoms with E-state index in [1.165, 1.54) is 10.8 Å². The Morgan fingerprint density at radius 1 is 1.21 bits per heavy atom. The molecule has 2 unspecified atom stereocenters. The molecule has 1 aliphatic rings. The first-order chi connectivity index (χ1) is 9.20. The molecule has 0 aliphatic carbocycles. The summed E-state index contributed by atoms with van der Waals surface area (Å²) < 4.78 is 5.51. The predicted molar refractivity (Wildman–Crippen MR) is 75.5 cm³/mol. The number of carbonyl (C=O) groups is 1. The molecular weight excluding hydrogens is 238 g/mol. The van der Waals surface area contributed by atoms with Gasteiger partial charge in [-0.05, 0) is 23.8 Å². The minimum atomic E-state index is 0.118. The van der Waals surface area contributed by atoms with E-state index in [1.54, 1.807) is 7.11 Å². The summed E-state index contributed by atoms with van der Waals surface area (Å²) in [6.07, 6.45) is 0.533. The maximum Gasteiger partial charge on any atom is 0.220 e. The van der Waals surface area contributed by atoms with Crippen molar-refractivity contribution in [3.63, 3.8) is 0 Å². The van der Waals surface area contributed by atoms with Gasteiger partial charge in [0.05, 0.1) is 7.11 Å². The van der Waals surface area contributed by atoms with Crippen molar-refractivity contribution in [2.24, 2.45) is 0 Å². The zero-order chi connectivity index (χ0) is 13.4. The molecule has 0 saturated carbocycles. The fraction of sp³-hybridized carbons (Fsp3) is 0.312. The van der Waals surface area contributed by atoms with E-state index >= 15 is 0 Å². The third kappa shape index (κ3) is 1.95. The Morgan fingerprint density at radius 2 is 2.00 bits per heavy atom. The molecule has 1 fully saturated rings. The van der Waals surface area contributed by atoms with Crippen molar-refractivity contribution in [2.45, 2.75) is 25.3 Å². The molecule has 2 aromatic rings. The van der Waals surface area contributed by atoms with Crippen LogP contribution in [-0.4, -0.2) is 19.1 Å². The van der Waals surface area contributed by atoms with E-state index in [4.69, 9.17) is 4.74 Å². The smallest absolute Gasteiger partial charge is 0.220 e. The highest BCUT2D eigenvalue weighted by Gasteiger charge is 2.33. The van der Waals surface area contributed by atoms with E-state index in [-0.39, 0.29) is 17.9 Å². The molecule has 0 aromatic heterocycles. The van der Waals surface area contributed by atoms with Gasteiger partial charge in [0.25, 0.3) is 0 Å². The summed E-state index contributed by atoms with van der Waals surface area (Å²) in [4.78, 5) is 11.6. The van der Waals surface area contributed by atoms with Crippen LogP contribution in [0.3, 0.4) is 0 Å². The lowest BCUT2D eigenvalue weighted by molar-refractivity contribution is -0.119. The van der Waals surface area contributed by atoms with Crippen LogP contribution in [-0.2, 0) is 4.79 Å². The molecule has 0 bridgehead atoms. The quantitative estimate of drug-likeness (QED) is 0.896. The molecular formula is C16H17NO2. The second-order valence-electron chi connectivity index (χ2n) is 5.07. The van der Waals surface area contributed by atoms with Crippen molar-refractivity contribution in [3.05, 3.63) is 42.0 Å². The molecule has 0 spiro atoms. The largest absolute Gasteiger partial charge is 0.496 e. The van der Waals surface area contributed by atoms with Gasteiger partial charge in [-0.1, -0.05) is 30.3 Å². The average Bonchev–Trinajstić information content (AvgIpc) is 2.76. The summed E-state index contributed by atoms with van der Waals surface area (Å²) in [5.41, 5.74) is 1.14. The van der Waals surface area contributed by atoms with Crippen LogP contribution in [0.1, 0.15) is 24.8 Å². The van der Waals surface area contributed by atoms with Gasteiger partial charge in [0.2, 0.25) is 5.91 Å². The Balaban J connectivity index is 2.22. The summed E-state index contributed by atoms with van der Waals surface area (Å²) in [5, 5.41) is 5.35. The summed E-state index contributed by atoms with van der Waals surface area (Å²) in [7, 11) is 1.68. The van der Waals surface area contributed by atoms with Crippen molar-refractivity contribution in [2.75, 3.05) is 7.11 Å². The van der Waals surface area contributed by atoms with E-state index < -0.39 is 0 Å². The summed E-state index contributed by atoms with van der Waals surface area (Å²) >= 11 is 0. The number of ether oxygens (including phenoxy) is 1. The van der Waals surface area contributed by atoms with Gasteiger partial charge in [-0.15, -0.1) is 0 Å². The zero-order valence-corrected chi connectivity index (χ0v) is 11.1. The van der Waals surface area contributed by atoms with Crippen LogP contribution in [0.2, 0.25) is 0 Å². The number of amides is 1. The van der Waals surface area contributed by atoms with Crippen LogP contribution in [0.4, 0.5) is 0 Å². The Morgan fingerprint density at radius 3 is 2.68 bits per heavy atom. The van der Waals surface area contributed by atoms with Gasteiger partial charge in [0.15, 0.2) is 0 Å². The van der Waals surface area contributed by atoms with Crippen molar-refractivity contribution < 1.29 is 9.53 Å². The van der Waals surface area contributed by atoms with Gasteiger partial charge in [-0.3, -0.25) is 4.79 Å². The minimum Gasteiger partial charge on any atom is -0.496 e. The Bertz CT molecular complexity index is 636. The number of carbonyl (C=O) groups excluding carboxylic acids is 1. The van der Waals surface area contributed by atoms with Crippen LogP contribution >= 0.6 is 0 Å². The lowest BCUT2D eigenvalue weighted by Gasteiger charge is -2.20. The van der Waals surface area contributed by atoms with E-state index in [0.29, 0.717) is 6.42 Å². The van der Waals surface area contributed by atoms with Crippen LogP contribution in [0.5, 0.6) is 5.75 Å². The molecule has 98 valence electrons. The van der Waals surface area contributed by atoms with Gasteiger partial charge >= 0.3 is 0 Å². The highest BCUT2D eigenvalue weighted by Crippen LogP contribution is 2.39. The molecule has 19 heavy (non-hydrogen) atoms. The maximum atomic E-state index is 11.6. The Hall–Kier alpha value is -2.03. The van der Waals surface area contributed by atoms with Crippen molar-refractivity contribution in [1.82, 2.24) is 5.32 Å². The monoisotopic (exact) mass is 255 g/mol. The minimum absolute atomic E-state index is 0.118. The number of fused-ring (bicyclic) bond motifs is 1. The molecule has 2 aromatic carbocycles. The molecule has 1 aliphatic heterocycles. The lowest BCUT2D eigenvalue weighted by atomic mass is 9.88. The third-order valence-electron chi connectivity index (χ3n) is 3.92. The first kappa shape index (κ1) is 12.0. The summed E-state index contributed by atoms with van der Waals surface area (Å²) in [5.74, 6) is 1.16. The number of hydrogen-bond acceptors (Lipinski definition) is 2. The van der Waals surface area contributed by atoms with Crippen LogP contribution < -0.4 is 10.1 Å². The topological polar surface area (TPSA) is 38.3 Å². The molecule has 1 N–H and O–H groups in total. The number of methoxy groups -OCH3 is 1. The maximum absolute atomic E-state index is 11.6. The standard InChI is InChI=1S/C16H17NO2/c1-10-13(9-15(18)17-10)16-12-6-4-3-5-11(12)7-8-14(16)19-2/h3-8,10,13H,9H2,1-2H3,(H,17,18). The Labute approximate surface area is 112 Å². The molecule has 0 radical (unpaired) electrons. The van der Waals surface area contributed by atoms with E-state index in [9.17, 15) is 4.79 Å². The van der Waals surface area contributed by atoms with Crippen LogP contribution in [0, 0.1) is 0 Å². The first-order valence-corrected chi connectivity index (χ1v) is 6.55. The van der Waals surface area contributed by atoms with Gasteiger partial charge in [0, 0.05) is 23.9 Å². The van der Waals surface area contributed by atoms with Gasteiger partial charge < -0.3 is 10.1 Å².